The van der Waals surface area contributed by atoms with Crippen molar-refractivity contribution in [3.05, 3.63) is 59.9 Å². The Morgan fingerprint density at radius 2 is 1.79 bits per heavy atom. The van der Waals surface area contributed by atoms with E-state index in [1.807, 2.05) is 30.3 Å². The number of halogens is 1. The first-order valence-electron chi connectivity index (χ1n) is 9.91. The zero-order chi connectivity index (χ0) is 20.6. The Kier molecular flexibility index (Phi) is 4.94. The zero-order valence-corrected chi connectivity index (χ0v) is 16.1. The van der Waals surface area contributed by atoms with Gasteiger partial charge in [0.15, 0.2) is 5.78 Å². The van der Waals surface area contributed by atoms with Crippen molar-refractivity contribution in [2.45, 2.75) is 25.7 Å². The lowest BCUT2D eigenvalue weighted by atomic mass is 9.88. The number of rotatable bonds is 5. The number of piperidine rings is 1. The minimum absolute atomic E-state index is 0.176. The van der Waals surface area contributed by atoms with Crippen LogP contribution in [0.2, 0.25) is 0 Å². The molecule has 29 heavy (non-hydrogen) atoms. The minimum atomic E-state index is -1.08. The Balaban J connectivity index is 1.50. The molecule has 5 nitrogen and oxygen atoms in total. The van der Waals surface area contributed by atoms with Gasteiger partial charge in [0, 0.05) is 30.1 Å². The lowest BCUT2D eigenvalue weighted by molar-refractivity contribution is -0.144. The molecule has 2 aromatic rings. The molecule has 0 aromatic heterocycles. The van der Waals surface area contributed by atoms with Gasteiger partial charge in [-0.2, -0.15) is 0 Å². The highest BCUT2D eigenvalue weighted by Crippen LogP contribution is 2.47. The van der Waals surface area contributed by atoms with Gasteiger partial charge in [0.25, 0.3) is 0 Å². The molecule has 2 aliphatic rings. The number of nitrogens with zero attached hydrogens (tertiary/aromatic N) is 1. The Morgan fingerprint density at radius 1 is 1.07 bits per heavy atom. The molecule has 0 unspecified atom stereocenters. The summed E-state index contributed by atoms with van der Waals surface area (Å²) in [5.41, 5.74) is 5.83. The van der Waals surface area contributed by atoms with Crippen LogP contribution in [0.25, 0.3) is 11.1 Å². The number of Topliss-reactive ketones (excluding diaryl/α,β-unsaturated/α-hetero) is 1. The van der Waals surface area contributed by atoms with Crippen molar-refractivity contribution in [3.8, 4) is 11.1 Å². The smallest absolute Gasteiger partial charge is 0.238 e. The van der Waals surface area contributed by atoms with Crippen LogP contribution in [-0.2, 0) is 9.59 Å². The van der Waals surface area contributed by atoms with E-state index in [1.165, 1.54) is 6.07 Å². The molecule has 0 spiro atoms. The summed E-state index contributed by atoms with van der Waals surface area (Å²) in [6.07, 6.45) is 2.25. The van der Waals surface area contributed by atoms with E-state index in [4.69, 9.17) is 5.73 Å². The van der Waals surface area contributed by atoms with E-state index >= 15 is 0 Å². The molecule has 1 saturated carbocycles. The van der Waals surface area contributed by atoms with Crippen LogP contribution in [-0.4, -0.2) is 35.6 Å². The summed E-state index contributed by atoms with van der Waals surface area (Å²) in [5, 5.41) is 0. The van der Waals surface area contributed by atoms with E-state index in [0.29, 0.717) is 43.4 Å². The Morgan fingerprint density at radius 3 is 2.41 bits per heavy atom. The quantitative estimate of drug-likeness (QED) is 0.625. The predicted octanol–water partition coefficient (Wildman–Crippen LogP) is 3.18. The number of primary amides is 1. The fourth-order valence-electron chi connectivity index (χ4n) is 4.12. The lowest BCUT2D eigenvalue weighted by Crippen LogP contribution is -2.48. The van der Waals surface area contributed by atoms with Crippen molar-refractivity contribution in [2.24, 2.45) is 17.1 Å². The molecule has 2 amide bonds. The summed E-state index contributed by atoms with van der Waals surface area (Å²) in [7, 11) is 0. The fraction of sp³-hybridized carbons (Fsp3) is 0.348. The van der Waals surface area contributed by atoms with Crippen LogP contribution in [0.1, 0.15) is 36.0 Å². The van der Waals surface area contributed by atoms with Crippen LogP contribution in [0.15, 0.2) is 48.5 Å². The maximum atomic E-state index is 14.7. The Labute approximate surface area is 168 Å². The van der Waals surface area contributed by atoms with Gasteiger partial charge in [0.2, 0.25) is 11.8 Å². The van der Waals surface area contributed by atoms with Gasteiger partial charge in [-0.15, -0.1) is 0 Å². The van der Waals surface area contributed by atoms with Gasteiger partial charge in [-0.1, -0.05) is 42.5 Å². The third-order valence-corrected chi connectivity index (χ3v) is 6.05. The van der Waals surface area contributed by atoms with Crippen molar-refractivity contribution in [1.82, 2.24) is 4.90 Å². The molecular weight excluding hydrogens is 371 g/mol. The molecule has 1 aliphatic heterocycles. The van der Waals surface area contributed by atoms with Gasteiger partial charge in [0.1, 0.15) is 11.2 Å². The van der Waals surface area contributed by atoms with E-state index in [0.717, 1.165) is 5.56 Å². The molecule has 0 radical (unpaired) electrons. The first-order chi connectivity index (χ1) is 13.9. The largest absolute Gasteiger partial charge is 0.369 e. The molecule has 2 aromatic carbocycles. The highest BCUT2D eigenvalue weighted by molar-refractivity contribution is 6.07. The van der Waals surface area contributed by atoms with Gasteiger partial charge in [0.05, 0.1) is 0 Å². The van der Waals surface area contributed by atoms with Gasteiger partial charge in [-0.25, -0.2) is 4.39 Å². The van der Waals surface area contributed by atoms with Crippen LogP contribution in [0, 0.1) is 17.2 Å². The van der Waals surface area contributed by atoms with Crippen LogP contribution in [0.3, 0.4) is 0 Å². The van der Waals surface area contributed by atoms with Gasteiger partial charge in [-0.3, -0.25) is 14.4 Å². The maximum Gasteiger partial charge on any atom is 0.238 e. The molecule has 1 heterocycles. The molecular formula is C23H23FN2O3. The number of carbonyl (C=O) groups excluding carboxylic acids is 3. The third-order valence-electron chi connectivity index (χ3n) is 6.05. The Hall–Kier alpha value is -3.02. The Bertz CT molecular complexity index is 969. The highest BCUT2D eigenvalue weighted by Gasteiger charge is 2.57. The van der Waals surface area contributed by atoms with Gasteiger partial charge < -0.3 is 10.6 Å². The molecule has 2 fully saturated rings. The number of carbonyl (C=O) groups is 3. The average molecular weight is 394 g/mol. The second kappa shape index (κ2) is 7.43. The number of likely N-dealkylation sites (tertiary alicyclic amines) is 1. The van der Waals surface area contributed by atoms with Gasteiger partial charge in [-0.05, 0) is 37.3 Å². The van der Waals surface area contributed by atoms with Crippen LogP contribution in [0.4, 0.5) is 4.39 Å². The topological polar surface area (TPSA) is 80.5 Å². The summed E-state index contributed by atoms with van der Waals surface area (Å²) in [6.45, 7) is 0.758. The number of ketones is 1. The summed E-state index contributed by atoms with van der Waals surface area (Å²) in [4.78, 5) is 38.9. The normalized spacial score (nSPS) is 20.2. The molecule has 4 rings (SSSR count). The third kappa shape index (κ3) is 3.55. The number of amides is 2. The SMILES string of the molecule is NC(=O)C1(C(=O)N2CCC[C@@H](C(=O)c3ccc(-c4ccccc4)c(F)c3)C2)CC1. The van der Waals surface area contributed by atoms with E-state index in [2.05, 4.69) is 0 Å². The first-order valence-corrected chi connectivity index (χ1v) is 9.91. The van der Waals surface area contributed by atoms with E-state index in [1.54, 1.807) is 17.0 Å². The molecule has 1 saturated heterocycles. The fourth-order valence-corrected chi connectivity index (χ4v) is 4.12. The lowest BCUT2D eigenvalue weighted by Gasteiger charge is -2.34. The number of benzene rings is 2. The van der Waals surface area contributed by atoms with Crippen molar-refractivity contribution in [1.29, 1.82) is 0 Å². The second-order valence-electron chi connectivity index (χ2n) is 7.96. The monoisotopic (exact) mass is 394 g/mol. The van der Waals surface area contributed by atoms with Crippen LogP contribution >= 0.6 is 0 Å². The van der Waals surface area contributed by atoms with Crippen LogP contribution in [0.5, 0.6) is 0 Å². The second-order valence-corrected chi connectivity index (χ2v) is 7.96. The van der Waals surface area contributed by atoms with E-state index < -0.39 is 23.1 Å². The molecule has 1 atom stereocenters. The molecule has 0 bridgehead atoms. The average Bonchev–Trinajstić information content (AvgIpc) is 3.55. The zero-order valence-electron chi connectivity index (χ0n) is 16.1. The predicted molar refractivity (Wildman–Crippen MR) is 106 cm³/mol. The summed E-state index contributed by atoms with van der Waals surface area (Å²) in [5.74, 6) is -1.89. The van der Waals surface area contributed by atoms with Crippen molar-refractivity contribution >= 4 is 17.6 Å². The van der Waals surface area contributed by atoms with Crippen molar-refractivity contribution in [3.63, 3.8) is 0 Å². The highest BCUT2D eigenvalue weighted by atomic mass is 19.1. The van der Waals surface area contributed by atoms with E-state index in [-0.39, 0.29) is 18.2 Å². The van der Waals surface area contributed by atoms with Crippen LogP contribution < -0.4 is 5.73 Å². The molecule has 2 N–H and O–H groups in total. The molecule has 150 valence electrons. The summed E-state index contributed by atoms with van der Waals surface area (Å²) >= 11 is 0. The van der Waals surface area contributed by atoms with Crippen molar-refractivity contribution < 1.29 is 18.8 Å². The number of nitrogens with two attached hydrogens (primary N) is 1. The van der Waals surface area contributed by atoms with E-state index in [9.17, 15) is 18.8 Å². The first kappa shape index (κ1) is 19.3. The molecule has 6 heteroatoms. The van der Waals surface area contributed by atoms with Gasteiger partial charge >= 0.3 is 0 Å². The summed E-state index contributed by atoms with van der Waals surface area (Å²) < 4.78 is 14.7. The standard InChI is InChI=1S/C23H23FN2O3/c24-19-13-16(8-9-18(19)15-5-2-1-3-6-15)20(27)17-7-4-12-26(14-17)22(29)23(10-11-23)21(25)28/h1-3,5-6,8-9,13,17H,4,7,10-12,14H2,(H2,25,28)/t17-/m1/s1. The maximum absolute atomic E-state index is 14.7. The minimum Gasteiger partial charge on any atom is -0.369 e. The molecule has 1 aliphatic carbocycles. The number of hydrogen-bond donors (Lipinski definition) is 1. The van der Waals surface area contributed by atoms with Crippen molar-refractivity contribution in [2.75, 3.05) is 13.1 Å². The summed E-state index contributed by atoms with van der Waals surface area (Å²) in [6, 6.07) is 13.7. The number of hydrogen-bond acceptors (Lipinski definition) is 3.